The summed E-state index contributed by atoms with van der Waals surface area (Å²) in [6.07, 6.45) is 2.73. The number of halogens is 1. The number of rotatable bonds is 6. The number of carboxylic acids is 1. The van der Waals surface area contributed by atoms with Gasteiger partial charge in [-0.25, -0.2) is 0 Å². The Bertz CT molecular complexity index is 811. The second-order valence-corrected chi connectivity index (χ2v) is 5.44. The predicted molar refractivity (Wildman–Crippen MR) is 90.8 cm³/mol. The normalized spacial score (nSPS) is 10.8. The Morgan fingerprint density at radius 2 is 1.96 bits per heavy atom. The zero-order chi connectivity index (χ0) is 17.7. The van der Waals surface area contributed by atoms with E-state index in [2.05, 4.69) is 0 Å². The average Bonchev–Trinajstić information content (AvgIpc) is 2.52. The van der Waals surface area contributed by atoms with Crippen molar-refractivity contribution < 1.29 is 24.5 Å². The summed E-state index contributed by atoms with van der Waals surface area (Å²) in [4.78, 5) is 22.9. The van der Waals surface area contributed by atoms with Gasteiger partial charge in [-0.3, -0.25) is 9.59 Å². The van der Waals surface area contributed by atoms with Gasteiger partial charge in [0.15, 0.2) is 5.78 Å². The lowest BCUT2D eigenvalue weighted by Crippen LogP contribution is -2.01. The van der Waals surface area contributed by atoms with E-state index in [1.54, 1.807) is 24.3 Å². The highest BCUT2D eigenvalue weighted by molar-refractivity contribution is 6.31. The van der Waals surface area contributed by atoms with E-state index in [1.807, 2.05) is 0 Å². The van der Waals surface area contributed by atoms with Gasteiger partial charge in [-0.05, 0) is 42.0 Å². The topological polar surface area (TPSA) is 83.8 Å². The molecule has 0 spiro atoms. The van der Waals surface area contributed by atoms with E-state index >= 15 is 0 Å². The molecule has 0 fully saturated rings. The molecule has 0 saturated heterocycles. The number of carboxylic acid groups (broad SMARTS) is 1. The molecule has 0 bridgehead atoms. The van der Waals surface area contributed by atoms with Crippen molar-refractivity contribution >= 4 is 29.4 Å². The molecule has 0 aromatic heterocycles. The molecule has 124 valence electrons. The van der Waals surface area contributed by atoms with Crippen LogP contribution in [0.3, 0.4) is 0 Å². The van der Waals surface area contributed by atoms with Gasteiger partial charge in [-0.2, -0.15) is 0 Å². The number of carbonyl (C=O) groups excluding carboxylic acids is 1. The number of benzene rings is 2. The summed E-state index contributed by atoms with van der Waals surface area (Å²) in [6.45, 7) is 0. The number of aliphatic carboxylic acids is 1. The van der Waals surface area contributed by atoms with Crippen molar-refractivity contribution in [2.75, 3.05) is 7.11 Å². The van der Waals surface area contributed by atoms with Crippen molar-refractivity contribution in [2.45, 2.75) is 6.42 Å². The average molecular weight is 347 g/mol. The number of aromatic hydroxyl groups is 1. The largest absolute Gasteiger partial charge is 0.507 e. The molecule has 0 radical (unpaired) electrons. The quantitative estimate of drug-likeness (QED) is 0.617. The third kappa shape index (κ3) is 4.36. The number of allylic oxidation sites excluding steroid dienone is 1. The first-order valence-corrected chi connectivity index (χ1v) is 7.38. The molecule has 0 atom stereocenters. The number of hydrogen-bond donors (Lipinski definition) is 2. The van der Waals surface area contributed by atoms with Crippen molar-refractivity contribution in [1.29, 1.82) is 0 Å². The number of carbonyl (C=O) groups is 2. The van der Waals surface area contributed by atoms with Gasteiger partial charge in [-0.15, -0.1) is 0 Å². The van der Waals surface area contributed by atoms with Crippen molar-refractivity contribution in [3.63, 3.8) is 0 Å². The lowest BCUT2D eigenvalue weighted by Gasteiger charge is -2.07. The summed E-state index contributed by atoms with van der Waals surface area (Å²) in [5.41, 5.74) is 1.35. The number of phenolic OH excluding ortho intramolecular Hbond substituents is 1. The molecule has 2 aromatic rings. The first-order valence-electron chi connectivity index (χ1n) is 7.00. The van der Waals surface area contributed by atoms with Crippen molar-refractivity contribution in [2.24, 2.45) is 0 Å². The highest BCUT2D eigenvalue weighted by atomic mass is 35.5. The second-order valence-electron chi connectivity index (χ2n) is 5.01. The smallest absolute Gasteiger partial charge is 0.307 e. The van der Waals surface area contributed by atoms with Crippen molar-refractivity contribution in [3.05, 3.63) is 64.2 Å². The van der Waals surface area contributed by atoms with E-state index in [9.17, 15) is 14.7 Å². The number of ketones is 1. The molecule has 0 saturated carbocycles. The molecule has 0 aliphatic carbocycles. The maximum Gasteiger partial charge on any atom is 0.307 e. The maximum absolute atomic E-state index is 12.2. The molecule has 0 amide bonds. The summed E-state index contributed by atoms with van der Waals surface area (Å²) >= 11 is 5.74. The van der Waals surface area contributed by atoms with Crippen LogP contribution in [-0.4, -0.2) is 29.1 Å². The molecule has 24 heavy (non-hydrogen) atoms. The van der Waals surface area contributed by atoms with E-state index in [0.717, 1.165) is 0 Å². The Morgan fingerprint density at radius 3 is 2.58 bits per heavy atom. The van der Waals surface area contributed by atoms with Crippen LogP contribution in [0.2, 0.25) is 5.02 Å². The van der Waals surface area contributed by atoms with Gasteiger partial charge in [0.05, 0.1) is 19.1 Å². The van der Waals surface area contributed by atoms with Crippen LogP contribution in [0.1, 0.15) is 21.5 Å². The van der Waals surface area contributed by atoms with Gasteiger partial charge in [0.1, 0.15) is 11.5 Å². The van der Waals surface area contributed by atoms with Crippen LogP contribution in [0, 0.1) is 0 Å². The van der Waals surface area contributed by atoms with Gasteiger partial charge in [0.25, 0.3) is 0 Å². The maximum atomic E-state index is 12.2. The monoisotopic (exact) mass is 346 g/mol. The molecule has 0 aliphatic rings. The number of methoxy groups -OCH3 is 1. The molecule has 0 aliphatic heterocycles. The van der Waals surface area contributed by atoms with E-state index in [0.29, 0.717) is 21.9 Å². The fourth-order valence-corrected chi connectivity index (χ4v) is 2.31. The molecule has 2 aromatic carbocycles. The van der Waals surface area contributed by atoms with Crippen LogP contribution >= 0.6 is 11.6 Å². The molecule has 5 nitrogen and oxygen atoms in total. The van der Waals surface area contributed by atoms with E-state index in [4.69, 9.17) is 21.4 Å². The van der Waals surface area contributed by atoms with E-state index < -0.39 is 5.97 Å². The SMILES string of the molecule is COc1cc(CC(=O)O)ccc1C=CC(=O)c1ccc(Cl)cc1O. The first-order chi connectivity index (χ1) is 11.4. The Labute approximate surface area is 143 Å². The molecular formula is C18H15ClO5. The molecule has 2 rings (SSSR count). The van der Waals surface area contributed by atoms with E-state index in [1.165, 1.54) is 31.4 Å². The third-order valence-electron chi connectivity index (χ3n) is 3.29. The lowest BCUT2D eigenvalue weighted by atomic mass is 10.1. The van der Waals surface area contributed by atoms with Crippen LogP contribution in [-0.2, 0) is 11.2 Å². The van der Waals surface area contributed by atoms with Crippen LogP contribution in [0.25, 0.3) is 6.08 Å². The summed E-state index contributed by atoms with van der Waals surface area (Å²) in [5, 5.41) is 18.9. The fourth-order valence-electron chi connectivity index (χ4n) is 2.15. The number of ether oxygens (including phenoxy) is 1. The standard InChI is InChI=1S/C18H15ClO5/c1-24-17-8-11(9-18(22)23)2-3-12(17)4-7-15(20)14-6-5-13(19)10-16(14)21/h2-8,10,21H,9H2,1H3,(H,22,23). The Balaban J connectivity index is 2.24. The van der Waals surface area contributed by atoms with Crippen LogP contribution in [0.15, 0.2) is 42.5 Å². The molecule has 0 unspecified atom stereocenters. The van der Waals surface area contributed by atoms with Gasteiger partial charge in [0, 0.05) is 10.6 Å². The fraction of sp³-hybridized carbons (Fsp3) is 0.111. The minimum Gasteiger partial charge on any atom is -0.507 e. The Hall–Kier alpha value is -2.79. The van der Waals surface area contributed by atoms with E-state index in [-0.39, 0.29) is 23.5 Å². The number of phenols is 1. The summed E-state index contributed by atoms with van der Waals surface area (Å²) in [7, 11) is 1.46. The highest BCUT2D eigenvalue weighted by Crippen LogP contribution is 2.25. The third-order valence-corrected chi connectivity index (χ3v) is 3.53. The predicted octanol–water partition coefficient (Wildman–Crippen LogP) is 3.58. The van der Waals surface area contributed by atoms with Gasteiger partial charge in [-0.1, -0.05) is 23.7 Å². The van der Waals surface area contributed by atoms with Crippen LogP contribution in [0.5, 0.6) is 11.5 Å². The lowest BCUT2D eigenvalue weighted by molar-refractivity contribution is -0.136. The summed E-state index contributed by atoms with van der Waals surface area (Å²) < 4.78 is 5.22. The molecular weight excluding hydrogens is 332 g/mol. The van der Waals surface area contributed by atoms with Gasteiger partial charge >= 0.3 is 5.97 Å². The minimum atomic E-state index is -0.936. The molecule has 0 heterocycles. The zero-order valence-corrected chi connectivity index (χ0v) is 13.6. The van der Waals surface area contributed by atoms with Crippen molar-refractivity contribution in [3.8, 4) is 11.5 Å². The van der Waals surface area contributed by atoms with Crippen LogP contribution < -0.4 is 4.74 Å². The molecule has 6 heteroatoms. The van der Waals surface area contributed by atoms with Crippen LogP contribution in [0.4, 0.5) is 0 Å². The minimum absolute atomic E-state index is 0.113. The highest BCUT2D eigenvalue weighted by Gasteiger charge is 2.10. The zero-order valence-electron chi connectivity index (χ0n) is 12.8. The second kappa shape index (κ2) is 7.66. The van der Waals surface area contributed by atoms with Crippen molar-refractivity contribution in [1.82, 2.24) is 0 Å². The Morgan fingerprint density at radius 1 is 1.21 bits per heavy atom. The summed E-state index contributed by atoms with van der Waals surface area (Å²) in [5.74, 6) is -1.06. The van der Waals surface area contributed by atoms with Gasteiger partial charge in [0.2, 0.25) is 0 Å². The number of hydrogen-bond acceptors (Lipinski definition) is 4. The Kier molecular flexibility index (Phi) is 5.60. The van der Waals surface area contributed by atoms with Gasteiger partial charge < -0.3 is 14.9 Å². The summed E-state index contributed by atoms with van der Waals surface area (Å²) in [6, 6.07) is 9.19. The first kappa shape index (κ1) is 17.6. The molecule has 2 N–H and O–H groups in total.